The molecule has 2 amide bonds. The lowest BCUT2D eigenvalue weighted by Gasteiger charge is -2.24. The molecular weight excluding hydrogens is 322 g/mol. The van der Waals surface area contributed by atoms with Crippen LogP contribution in [-0.2, 0) is 14.3 Å². The third-order valence-corrected chi connectivity index (χ3v) is 4.94. The van der Waals surface area contributed by atoms with Gasteiger partial charge in [-0.25, -0.2) is 4.90 Å². The van der Waals surface area contributed by atoms with Crippen molar-refractivity contribution in [2.24, 2.45) is 11.8 Å². The van der Waals surface area contributed by atoms with E-state index in [4.69, 9.17) is 4.74 Å². The Balaban J connectivity index is 1.77. The predicted molar refractivity (Wildman–Crippen MR) is 76.0 cm³/mol. The van der Waals surface area contributed by atoms with Crippen LogP contribution < -0.4 is 4.90 Å². The molecule has 0 aliphatic carbocycles. The van der Waals surface area contributed by atoms with Crippen molar-refractivity contribution in [2.45, 2.75) is 18.6 Å². The third kappa shape index (κ3) is 1.39. The summed E-state index contributed by atoms with van der Waals surface area (Å²) in [6, 6.07) is 7.21. The van der Waals surface area contributed by atoms with Gasteiger partial charge in [-0.15, -0.1) is 0 Å². The van der Waals surface area contributed by atoms with Crippen LogP contribution in [0.2, 0.25) is 0 Å². The molecule has 4 atom stereocenters. The Morgan fingerprint density at radius 3 is 2.55 bits per heavy atom. The number of anilines is 1. The molecule has 3 heterocycles. The zero-order valence-electron chi connectivity index (χ0n) is 10.7. The van der Waals surface area contributed by atoms with E-state index in [1.165, 1.54) is 4.90 Å². The van der Waals surface area contributed by atoms with Crippen LogP contribution in [0.4, 0.5) is 5.69 Å². The van der Waals surface area contributed by atoms with E-state index in [1.54, 1.807) is 12.1 Å². The maximum atomic E-state index is 12.7. The van der Waals surface area contributed by atoms with Gasteiger partial charge in [-0.2, -0.15) is 0 Å². The third-order valence-electron chi connectivity index (χ3n) is 4.41. The monoisotopic (exact) mass is 333 g/mol. The van der Waals surface area contributed by atoms with Gasteiger partial charge < -0.3 is 4.74 Å². The van der Waals surface area contributed by atoms with Crippen LogP contribution in [0.3, 0.4) is 0 Å². The van der Waals surface area contributed by atoms with Crippen molar-refractivity contribution in [3.8, 4) is 0 Å². The molecule has 4 rings (SSSR count). The molecule has 0 spiro atoms. The van der Waals surface area contributed by atoms with Crippen LogP contribution in [-0.4, -0.2) is 23.5 Å². The van der Waals surface area contributed by atoms with Crippen molar-refractivity contribution in [3.63, 3.8) is 0 Å². The fourth-order valence-corrected chi connectivity index (χ4v) is 3.76. The summed E-state index contributed by atoms with van der Waals surface area (Å²) < 4.78 is 6.70. The lowest BCUT2D eigenvalue weighted by Crippen LogP contribution is -2.38. The summed E-state index contributed by atoms with van der Waals surface area (Å²) >= 11 is 3.35. The van der Waals surface area contributed by atoms with Crippen LogP contribution >= 0.6 is 15.9 Å². The van der Waals surface area contributed by atoms with Gasteiger partial charge in [-0.1, -0.05) is 28.1 Å². The maximum absolute atomic E-state index is 12.7. The van der Waals surface area contributed by atoms with Crippen LogP contribution in [0.1, 0.15) is 6.92 Å². The number of amides is 2. The van der Waals surface area contributed by atoms with Crippen LogP contribution in [0.25, 0.3) is 0 Å². The molecule has 2 fully saturated rings. The fraction of sp³-hybridized carbons (Fsp3) is 0.333. The summed E-state index contributed by atoms with van der Waals surface area (Å²) in [6.07, 6.45) is 3.55. The van der Waals surface area contributed by atoms with Gasteiger partial charge in [0.2, 0.25) is 11.8 Å². The minimum absolute atomic E-state index is 0.152. The zero-order valence-corrected chi connectivity index (χ0v) is 12.3. The summed E-state index contributed by atoms with van der Waals surface area (Å²) in [4.78, 5) is 26.6. The van der Waals surface area contributed by atoms with E-state index < -0.39 is 11.5 Å². The number of hydrogen-bond acceptors (Lipinski definition) is 3. The van der Waals surface area contributed by atoms with E-state index in [-0.39, 0.29) is 23.8 Å². The Bertz CT molecular complexity index is 654. The average Bonchev–Trinajstić information content (AvgIpc) is 3.01. The van der Waals surface area contributed by atoms with Gasteiger partial charge in [0.05, 0.1) is 29.2 Å². The minimum atomic E-state index is -0.633. The minimum Gasteiger partial charge on any atom is -0.362 e. The van der Waals surface area contributed by atoms with E-state index in [0.29, 0.717) is 5.69 Å². The lowest BCUT2D eigenvalue weighted by molar-refractivity contribution is -0.126. The number of nitrogens with zero attached hydrogens (tertiary/aromatic N) is 1. The summed E-state index contributed by atoms with van der Waals surface area (Å²) in [6.45, 7) is 1.88. The Hall–Kier alpha value is -1.46. The van der Waals surface area contributed by atoms with Crippen molar-refractivity contribution in [2.75, 3.05) is 4.90 Å². The first kappa shape index (κ1) is 12.3. The Morgan fingerprint density at radius 1 is 1.20 bits per heavy atom. The van der Waals surface area contributed by atoms with Gasteiger partial charge >= 0.3 is 0 Å². The van der Waals surface area contributed by atoms with Crippen LogP contribution in [0.15, 0.2) is 40.9 Å². The highest BCUT2D eigenvalue weighted by atomic mass is 79.9. The Morgan fingerprint density at radius 2 is 1.90 bits per heavy atom. The number of carbonyl (C=O) groups is 2. The number of carbonyl (C=O) groups excluding carboxylic acids is 2. The summed E-state index contributed by atoms with van der Waals surface area (Å²) in [7, 11) is 0. The van der Waals surface area contributed by atoms with Gasteiger partial charge in [-0.3, -0.25) is 9.59 Å². The number of ether oxygens (including phenoxy) is 1. The Labute approximate surface area is 124 Å². The summed E-state index contributed by atoms with van der Waals surface area (Å²) in [5, 5.41) is 0. The molecule has 20 heavy (non-hydrogen) atoms. The molecule has 0 radical (unpaired) electrons. The second-order valence-corrected chi connectivity index (χ2v) is 6.53. The van der Waals surface area contributed by atoms with Crippen LogP contribution in [0.5, 0.6) is 0 Å². The number of benzene rings is 1. The van der Waals surface area contributed by atoms with E-state index in [1.807, 2.05) is 31.2 Å². The largest absolute Gasteiger partial charge is 0.362 e. The zero-order chi connectivity index (χ0) is 14.1. The molecule has 1 aromatic rings. The number of fused-ring (bicyclic) bond motifs is 5. The normalized spacial score (nSPS) is 37.9. The van der Waals surface area contributed by atoms with Gasteiger partial charge in [0.15, 0.2) is 0 Å². The topological polar surface area (TPSA) is 46.6 Å². The van der Waals surface area contributed by atoms with Crippen molar-refractivity contribution in [3.05, 3.63) is 40.9 Å². The number of rotatable bonds is 1. The van der Waals surface area contributed by atoms with E-state index in [2.05, 4.69) is 15.9 Å². The molecule has 0 saturated carbocycles. The van der Waals surface area contributed by atoms with E-state index >= 15 is 0 Å². The second kappa shape index (κ2) is 3.80. The van der Waals surface area contributed by atoms with Crippen molar-refractivity contribution < 1.29 is 14.3 Å². The van der Waals surface area contributed by atoms with Crippen molar-refractivity contribution in [1.82, 2.24) is 0 Å². The highest BCUT2D eigenvalue weighted by molar-refractivity contribution is 9.10. The first-order valence-corrected chi connectivity index (χ1v) is 7.31. The quantitative estimate of drug-likeness (QED) is 0.585. The van der Waals surface area contributed by atoms with E-state index in [0.717, 1.165) is 4.47 Å². The highest BCUT2D eigenvalue weighted by Gasteiger charge is 2.65. The van der Waals surface area contributed by atoms with Gasteiger partial charge in [0.25, 0.3) is 0 Å². The molecule has 5 heteroatoms. The molecule has 102 valence electrons. The smallest absolute Gasteiger partial charge is 0.241 e. The number of hydrogen-bond donors (Lipinski definition) is 0. The molecule has 0 N–H and O–H groups in total. The first-order chi connectivity index (χ1) is 9.51. The van der Waals surface area contributed by atoms with Gasteiger partial charge in [-0.05, 0) is 31.2 Å². The molecule has 0 unspecified atom stereocenters. The lowest BCUT2D eigenvalue weighted by atomic mass is 9.78. The molecule has 3 aliphatic heterocycles. The maximum Gasteiger partial charge on any atom is 0.241 e. The Kier molecular flexibility index (Phi) is 2.34. The number of halogens is 1. The molecule has 1 aromatic carbocycles. The standard InChI is InChI=1S/C15H12BrNO3/c1-15-7-6-10(20-15)11-12(15)14(19)17(13(11)18)9-4-2-8(16)3-5-9/h2-7,10-12H,1H3/t10-,11+,12+,15+/m0/s1. The van der Waals surface area contributed by atoms with Crippen molar-refractivity contribution in [1.29, 1.82) is 0 Å². The molecule has 3 aliphatic rings. The molecule has 2 saturated heterocycles. The second-order valence-electron chi connectivity index (χ2n) is 5.62. The fourth-order valence-electron chi connectivity index (χ4n) is 3.50. The SMILES string of the molecule is C[C@]12C=C[C@H](O1)[C@H]1C(=O)N(c3ccc(Br)cc3)C(=O)[C@@H]12. The molecule has 2 bridgehead atoms. The average molecular weight is 334 g/mol. The van der Waals surface area contributed by atoms with E-state index in [9.17, 15) is 9.59 Å². The van der Waals surface area contributed by atoms with Crippen molar-refractivity contribution >= 4 is 33.4 Å². The first-order valence-electron chi connectivity index (χ1n) is 6.52. The molecule has 4 nitrogen and oxygen atoms in total. The number of imide groups is 1. The highest BCUT2D eigenvalue weighted by Crippen LogP contribution is 2.52. The molecular formula is C15H12BrNO3. The summed E-state index contributed by atoms with van der Waals surface area (Å²) in [5.74, 6) is -1.08. The predicted octanol–water partition coefficient (Wildman–Crippen LogP) is 2.28. The van der Waals surface area contributed by atoms with Gasteiger partial charge in [0, 0.05) is 4.47 Å². The summed E-state index contributed by atoms with van der Waals surface area (Å²) in [5.41, 5.74) is -0.00719. The van der Waals surface area contributed by atoms with Crippen LogP contribution in [0, 0.1) is 11.8 Å². The molecule has 0 aromatic heterocycles. The van der Waals surface area contributed by atoms with Gasteiger partial charge in [0.1, 0.15) is 0 Å².